The first-order chi connectivity index (χ1) is 12.7. The summed E-state index contributed by atoms with van der Waals surface area (Å²) in [6.07, 6.45) is 8.77. The number of hydrogen-bond donors (Lipinski definition) is 0. The second-order valence-corrected chi connectivity index (χ2v) is 6.07. The largest absolute Gasteiger partial charge is 0.481 e. The first-order valence-corrected chi connectivity index (χ1v) is 8.45. The zero-order chi connectivity index (χ0) is 17.9. The number of nitrogens with zero attached hydrogens (tertiary/aromatic N) is 7. The van der Waals surface area contributed by atoms with E-state index in [-0.39, 0.29) is 11.6 Å². The van der Waals surface area contributed by atoms with Gasteiger partial charge >= 0.3 is 0 Å². The van der Waals surface area contributed by atoms with Crippen LogP contribution in [0.5, 0.6) is 5.88 Å². The number of aromatic nitrogens is 6. The Kier molecular flexibility index (Phi) is 4.34. The van der Waals surface area contributed by atoms with Crippen molar-refractivity contribution < 1.29 is 4.74 Å². The number of hydrogen-bond acceptors (Lipinski definition) is 7. The van der Waals surface area contributed by atoms with Gasteiger partial charge in [0.25, 0.3) is 5.56 Å². The van der Waals surface area contributed by atoms with Gasteiger partial charge in [0, 0.05) is 37.3 Å². The lowest BCUT2D eigenvalue weighted by Crippen LogP contribution is -2.38. The van der Waals surface area contributed by atoms with Crippen LogP contribution in [-0.2, 0) is 6.54 Å². The molecule has 0 radical (unpaired) electrons. The minimum Gasteiger partial charge on any atom is -0.481 e. The molecule has 0 N–H and O–H groups in total. The Hall–Kier alpha value is -3.23. The molecule has 1 fully saturated rings. The summed E-state index contributed by atoms with van der Waals surface area (Å²) in [5.74, 6) is 1.80. The minimum atomic E-state index is -0.132. The highest BCUT2D eigenvalue weighted by atomic mass is 16.5. The maximum absolute atomic E-state index is 12.3. The molecule has 0 aromatic carbocycles. The molecule has 0 bridgehead atoms. The van der Waals surface area contributed by atoms with Crippen molar-refractivity contribution in [2.75, 3.05) is 18.6 Å². The van der Waals surface area contributed by atoms with Crippen molar-refractivity contribution in [3.05, 3.63) is 53.5 Å². The summed E-state index contributed by atoms with van der Waals surface area (Å²) >= 11 is 0. The van der Waals surface area contributed by atoms with E-state index in [0.29, 0.717) is 24.2 Å². The molecule has 1 aliphatic heterocycles. The predicted octanol–water partition coefficient (Wildman–Crippen LogP) is 0.897. The summed E-state index contributed by atoms with van der Waals surface area (Å²) in [7, 11) is 1.58. The summed E-state index contributed by atoms with van der Waals surface area (Å²) in [6, 6.07) is 5.04. The van der Waals surface area contributed by atoms with Crippen LogP contribution in [0.25, 0.3) is 5.82 Å². The molecule has 3 aromatic heterocycles. The zero-order valence-electron chi connectivity index (χ0n) is 14.4. The van der Waals surface area contributed by atoms with E-state index >= 15 is 0 Å². The van der Waals surface area contributed by atoms with Crippen LogP contribution in [0.1, 0.15) is 12.8 Å². The monoisotopic (exact) mass is 353 g/mol. The van der Waals surface area contributed by atoms with E-state index in [1.165, 1.54) is 10.7 Å². The molecule has 1 saturated heterocycles. The molecule has 4 heterocycles. The SMILES string of the molecule is COc1ccnc(N2CCCC2Cn2nc(-n3ccnc3)ccc2=O)n1. The van der Waals surface area contributed by atoms with Crippen molar-refractivity contribution in [2.24, 2.45) is 0 Å². The highest BCUT2D eigenvalue weighted by molar-refractivity contribution is 5.35. The van der Waals surface area contributed by atoms with Gasteiger partial charge in [-0.05, 0) is 18.9 Å². The molecule has 1 atom stereocenters. The van der Waals surface area contributed by atoms with Gasteiger partial charge in [-0.1, -0.05) is 0 Å². The Labute approximate surface area is 149 Å². The lowest BCUT2D eigenvalue weighted by Gasteiger charge is -2.25. The zero-order valence-corrected chi connectivity index (χ0v) is 14.4. The van der Waals surface area contributed by atoms with Gasteiger partial charge in [-0.3, -0.25) is 9.36 Å². The normalized spacial score (nSPS) is 16.8. The lowest BCUT2D eigenvalue weighted by molar-refractivity contribution is 0.395. The molecule has 0 saturated carbocycles. The quantitative estimate of drug-likeness (QED) is 0.673. The van der Waals surface area contributed by atoms with Crippen molar-refractivity contribution >= 4 is 5.95 Å². The van der Waals surface area contributed by atoms with Crippen molar-refractivity contribution in [3.63, 3.8) is 0 Å². The summed E-state index contributed by atoms with van der Waals surface area (Å²) in [6.45, 7) is 1.32. The van der Waals surface area contributed by atoms with Gasteiger partial charge in [0.1, 0.15) is 6.33 Å². The van der Waals surface area contributed by atoms with Gasteiger partial charge in [0.15, 0.2) is 5.82 Å². The second-order valence-electron chi connectivity index (χ2n) is 6.07. The Bertz CT molecular complexity index is 938. The Balaban J connectivity index is 1.60. The number of rotatable bonds is 5. The van der Waals surface area contributed by atoms with Gasteiger partial charge in [-0.15, -0.1) is 0 Å². The second kappa shape index (κ2) is 6.95. The Morgan fingerprint density at radius 2 is 2.19 bits per heavy atom. The van der Waals surface area contributed by atoms with Crippen molar-refractivity contribution in [3.8, 4) is 11.7 Å². The number of imidazole rings is 1. The van der Waals surface area contributed by atoms with Gasteiger partial charge in [-0.2, -0.15) is 10.1 Å². The fraction of sp³-hybridized carbons (Fsp3) is 0.353. The summed E-state index contributed by atoms with van der Waals surface area (Å²) in [5.41, 5.74) is -0.132. The van der Waals surface area contributed by atoms with E-state index in [9.17, 15) is 4.79 Å². The molecule has 0 spiro atoms. The van der Waals surface area contributed by atoms with Crippen LogP contribution in [0.15, 0.2) is 47.9 Å². The van der Waals surface area contributed by atoms with Crippen molar-refractivity contribution in [1.82, 2.24) is 29.3 Å². The average Bonchev–Trinajstić information content (AvgIpc) is 3.35. The molecule has 134 valence electrons. The minimum absolute atomic E-state index is 0.102. The molecule has 4 rings (SSSR count). The average molecular weight is 353 g/mol. The van der Waals surface area contributed by atoms with E-state index in [4.69, 9.17) is 4.74 Å². The van der Waals surface area contributed by atoms with E-state index < -0.39 is 0 Å². The molecule has 3 aromatic rings. The maximum Gasteiger partial charge on any atom is 0.266 e. The van der Waals surface area contributed by atoms with Crippen LogP contribution >= 0.6 is 0 Å². The molecule has 9 nitrogen and oxygen atoms in total. The molecule has 9 heteroatoms. The molecular formula is C17H19N7O2. The summed E-state index contributed by atoms with van der Waals surface area (Å²) < 4.78 is 8.46. The van der Waals surface area contributed by atoms with Crippen LogP contribution in [0.2, 0.25) is 0 Å². The fourth-order valence-electron chi connectivity index (χ4n) is 3.17. The number of anilines is 1. The van der Waals surface area contributed by atoms with E-state index in [0.717, 1.165) is 19.4 Å². The Morgan fingerprint density at radius 3 is 3.00 bits per heavy atom. The van der Waals surface area contributed by atoms with Crippen molar-refractivity contribution in [2.45, 2.75) is 25.4 Å². The van der Waals surface area contributed by atoms with Gasteiger partial charge < -0.3 is 9.64 Å². The predicted molar refractivity (Wildman–Crippen MR) is 94.6 cm³/mol. The number of ether oxygens (including phenoxy) is 1. The molecule has 26 heavy (non-hydrogen) atoms. The third kappa shape index (κ3) is 3.15. The summed E-state index contributed by atoms with van der Waals surface area (Å²) in [5, 5.41) is 4.48. The molecule has 1 unspecified atom stereocenters. The van der Waals surface area contributed by atoms with Crippen LogP contribution in [0.4, 0.5) is 5.95 Å². The first kappa shape index (κ1) is 16.2. The Morgan fingerprint density at radius 1 is 1.27 bits per heavy atom. The topological polar surface area (TPSA) is 91.0 Å². The van der Waals surface area contributed by atoms with E-state index in [2.05, 4.69) is 25.0 Å². The van der Waals surface area contributed by atoms with Crippen LogP contribution in [0, 0.1) is 0 Å². The maximum atomic E-state index is 12.3. The van der Waals surface area contributed by atoms with Crippen molar-refractivity contribution in [1.29, 1.82) is 0 Å². The van der Waals surface area contributed by atoms with Crippen LogP contribution < -0.4 is 15.2 Å². The molecular weight excluding hydrogens is 334 g/mol. The molecule has 1 aliphatic rings. The fourth-order valence-corrected chi connectivity index (χ4v) is 3.17. The standard InChI is InChI=1S/C17H19N7O2/c1-26-15-6-7-19-17(20-15)23-9-2-3-13(23)11-24-16(25)5-4-14(21-24)22-10-8-18-12-22/h4-8,10,12-13H,2-3,9,11H2,1H3. The van der Waals surface area contributed by atoms with Gasteiger partial charge in [-0.25, -0.2) is 14.6 Å². The first-order valence-electron chi connectivity index (χ1n) is 8.45. The number of methoxy groups -OCH3 is 1. The van der Waals surface area contributed by atoms with Gasteiger partial charge in [0.05, 0.1) is 19.7 Å². The van der Waals surface area contributed by atoms with Crippen LogP contribution in [-0.4, -0.2) is 49.0 Å². The molecule has 0 aliphatic carbocycles. The molecule has 0 amide bonds. The van der Waals surface area contributed by atoms with E-state index in [1.54, 1.807) is 48.7 Å². The highest BCUT2D eigenvalue weighted by Gasteiger charge is 2.28. The highest BCUT2D eigenvalue weighted by Crippen LogP contribution is 2.24. The van der Waals surface area contributed by atoms with Crippen LogP contribution in [0.3, 0.4) is 0 Å². The van der Waals surface area contributed by atoms with Gasteiger partial charge in [0.2, 0.25) is 11.8 Å². The summed E-state index contributed by atoms with van der Waals surface area (Å²) in [4.78, 5) is 27.2. The third-order valence-corrected chi connectivity index (χ3v) is 4.47. The lowest BCUT2D eigenvalue weighted by atomic mass is 10.2. The van der Waals surface area contributed by atoms with E-state index in [1.807, 2.05) is 0 Å². The third-order valence-electron chi connectivity index (χ3n) is 4.47. The smallest absolute Gasteiger partial charge is 0.266 e.